The molecule has 5 heterocycles. The van der Waals surface area contributed by atoms with Crippen LogP contribution < -0.4 is 32.3 Å². The molecule has 1 unspecified atom stereocenters. The van der Waals surface area contributed by atoms with Crippen LogP contribution >= 0.6 is 0 Å². The summed E-state index contributed by atoms with van der Waals surface area (Å²) in [7, 11) is 3.26. The Morgan fingerprint density at radius 2 is 1.75 bits per heavy atom. The summed E-state index contributed by atoms with van der Waals surface area (Å²) in [6.45, 7) is 5.92. The minimum Gasteiger partial charge on any atom is -0.404 e. The van der Waals surface area contributed by atoms with E-state index in [0.29, 0.717) is 65.9 Å². The molecule has 4 aliphatic heterocycles. The second-order valence-electron chi connectivity index (χ2n) is 17.3. The molecule has 65 heavy (non-hydrogen) atoms. The van der Waals surface area contributed by atoms with Crippen LogP contribution in [0.15, 0.2) is 81.9 Å². The standard InChI is InChI=1S/C48H57F2N11O4/c1-29(62)59-21-17-38(37(28-59)46(52)60-18-5-6-32-22-35(33(24-51)26-53-2)36(45(49)50)23-42(32)60)55-34-15-19-58(20-16-34)27-31-11-9-30(10-12-31)25-54-39-7-4-8-40-44(39)57(3)48(65)61(40)41-13-14-43(63)56-47(41)64/h4,7-12,22-24,26,34,41,45,52,54-55H,5-6,13-21,25,27-28,51H2,1-3H3,(H,56,63,64). The van der Waals surface area contributed by atoms with Crippen LogP contribution in [-0.2, 0) is 40.9 Å². The Balaban J connectivity index is 0.906. The highest BCUT2D eigenvalue weighted by atomic mass is 19.3. The number of carbonyl (C=O) groups is 3. The topological polar surface area (TPSA) is 186 Å². The summed E-state index contributed by atoms with van der Waals surface area (Å²) < 4.78 is 32.2. The van der Waals surface area contributed by atoms with Crippen molar-refractivity contribution in [3.8, 4) is 0 Å². The monoisotopic (exact) mass is 889 g/mol. The third kappa shape index (κ3) is 9.32. The van der Waals surface area contributed by atoms with E-state index in [2.05, 4.69) is 50.1 Å². The lowest BCUT2D eigenvalue weighted by atomic mass is 9.91. The van der Waals surface area contributed by atoms with Crippen molar-refractivity contribution in [2.75, 3.05) is 50.0 Å². The van der Waals surface area contributed by atoms with Crippen LogP contribution in [-0.4, -0.2) is 94.5 Å². The van der Waals surface area contributed by atoms with Crippen molar-refractivity contribution >= 4 is 57.8 Å². The number of rotatable bonds is 12. The molecule has 17 heteroatoms. The Labute approximate surface area is 376 Å². The van der Waals surface area contributed by atoms with Crippen molar-refractivity contribution in [2.24, 2.45) is 17.8 Å². The summed E-state index contributed by atoms with van der Waals surface area (Å²) in [6.07, 6.45) is 4.24. The highest BCUT2D eigenvalue weighted by Gasteiger charge is 2.34. The molecule has 4 aliphatic rings. The number of nitrogens with zero attached hydrogens (tertiary/aromatic N) is 6. The van der Waals surface area contributed by atoms with Crippen LogP contribution in [0.3, 0.4) is 0 Å². The average Bonchev–Trinajstić information content (AvgIpc) is 3.56. The quantitative estimate of drug-likeness (QED) is 0.0710. The minimum absolute atomic E-state index is 0.0701. The van der Waals surface area contributed by atoms with Gasteiger partial charge in [0.2, 0.25) is 17.7 Å². The van der Waals surface area contributed by atoms with Crippen molar-refractivity contribution < 1.29 is 23.2 Å². The first-order chi connectivity index (χ1) is 31.3. The summed E-state index contributed by atoms with van der Waals surface area (Å²) in [5, 5.41) is 19.2. The third-order valence-electron chi connectivity index (χ3n) is 13.2. The fraction of sp³-hybridized carbons (Fsp3) is 0.417. The number of nitrogens with one attached hydrogen (secondary N) is 4. The van der Waals surface area contributed by atoms with E-state index >= 15 is 0 Å². The number of allylic oxidation sites excluding steroid dienone is 1. The van der Waals surface area contributed by atoms with Crippen LogP contribution in [0.1, 0.15) is 85.7 Å². The summed E-state index contributed by atoms with van der Waals surface area (Å²) in [5.74, 6) is -0.641. The summed E-state index contributed by atoms with van der Waals surface area (Å²) in [6, 6.07) is 16.8. The number of anilines is 2. The predicted molar refractivity (Wildman–Crippen MR) is 249 cm³/mol. The number of para-hydroxylation sites is 1. The molecule has 0 saturated carbocycles. The lowest BCUT2D eigenvalue weighted by Crippen LogP contribution is -2.47. The van der Waals surface area contributed by atoms with Gasteiger partial charge < -0.3 is 26.2 Å². The second kappa shape index (κ2) is 19.2. The van der Waals surface area contributed by atoms with Gasteiger partial charge in [0.25, 0.3) is 6.43 Å². The van der Waals surface area contributed by atoms with Gasteiger partial charge in [-0.15, -0.1) is 0 Å². The number of likely N-dealkylation sites (tertiary alicyclic amines) is 1. The van der Waals surface area contributed by atoms with Crippen molar-refractivity contribution in [1.29, 1.82) is 5.41 Å². The number of halogens is 2. The van der Waals surface area contributed by atoms with Crippen molar-refractivity contribution in [3.05, 3.63) is 110 Å². The number of hydrogen-bond donors (Lipinski definition) is 5. The van der Waals surface area contributed by atoms with E-state index < -0.39 is 18.4 Å². The summed E-state index contributed by atoms with van der Waals surface area (Å²) >= 11 is 0. The Hall–Kier alpha value is -6.62. The van der Waals surface area contributed by atoms with Gasteiger partial charge in [0.15, 0.2) is 0 Å². The Morgan fingerprint density at radius 1 is 1.00 bits per heavy atom. The van der Waals surface area contributed by atoms with Crippen LogP contribution in [0.25, 0.3) is 16.6 Å². The first-order valence-electron chi connectivity index (χ1n) is 22.3. The number of fused-ring (bicyclic) bond motifs is 2. The van der Waals surface area contributed by atoms with E-state index in [1.807, 2.05) is 23.1 Å². The average molecular weight is 890 g/mol. The number of piperidine rings is 2. The molecule has 0 radical (unpaired) electrons. The molecule has 0 bridgehead atoms. The van der Waals surface area contributed by atoms with Crippen molar-refractivity contribution in [2.45, 2.75) is 83.5 Å². The molecule has 0 aliphatic carbocycles. The first-order valence-corrected chi connectivity index (χ1v) is 22.3. The van der Waals surface area contributed by atoms with Crippen molar-refractivity contribution in [1.82, 2.24) is 29.6 Å². The van der Waals surface area contributed by atoms with Gasteiger partial charge >= 0.3 is 5.69 Å². The number of aliphatic imine (C=N–C) groups is 1. The zero-order valence-electron chi connectivity index (χ0n) is 37.1. The predicted octanol–water partition coefficient (Wildman–Crippen LogP) is 5.36. The Bertz CT molecular complexity index is 2660. The van der Waals surface area contributed by atoms with Crippen molar-refractivity contribution in [3.63, 3.8) is 0 Å². The van der Waals surface area contributed by atoms with E-state index in [4.69, 9.17) is 5.73 Å². The third-order valence-corrected chi connectivity index (χ3v) is 13.2. The molecule has 1 aromatic heterocycles. The fourth-order valence-electron chi connectivity index (χ4n) is 9.74. The largest absolute Gasteiger partial charge is 0.404 e. The van der Waals surface area contributed by atoms with Crippen LogP contribution in [0.5, 0.6) is 0 Å². The molecular formula is C48H57F2N11O4. The van der Waals surface area contributed by atoms with Gasteiger partial charge in [-0.3, -0.25) is 44.1 Å². The number of amides is 3. The fourth-order valence-corrected chi connectivity index (χ4v) is 9.74. The number of hydrogen-bond acceptors (Lipinski definition) is 10. The number of carbonyl (C=O) groups excluding carboxylic acids is 3. The zero-order valence-corrected chi connectivity index (χ0v) is 37.1. The maximum absolute atomic E-state index is 14.6. The molecule has 2 fully saturated rings. The van der Waals surface area contributed by atoms with Gasteiger partial charge in [0, 0.05) is 120 Å². The van der Waals surface area contributed by atoms with Crippen LogP contribution in [0.2, 0.25) is 0 Å². The molecule has 3 amide bonds. The SMILES string of the molecule is CN=CC(=CN)c1cc2c(cc1C(F)F)N(C(=N)C1=C(NC3CCN(Cc4ccc(CNc5cccc6c5n(C)c(=O)n6C5CCC(=O)NC5=O)cc4)CC3)CCN(C(C)=O)C1)CCC2. The molecule has 342 valence electrons. The number of aryl methyl sites for hydroxylation is 2. The first kappa shape index (κ1) is 45.0. The van der Waals surface area contributed by atoms with Gasteiger partial charge in [-0.05, 0) is 78.6 Å². The second-order valence-corrected chi connectivity index (χ2v) is 17.3. The molecule has 15 nitrogen and oxygen atoms in total. The number of imide groups is 1. The van der Waals surface area contributed by atoms with Crippen LogP contribution in [0, 0.1) is 5.41 Å². The van der Waals surface area contributed by atoms with Gasteiger partial charge in [-0.2, -0.15) is 0 Å². The zero-order chi connectivity index (χ0) is 45.9. The molecule has 2 saturated heterocycles. The maximum atomic E-state index is 14.6. The molecule has 8 rings (SSSR count). The molecule has 4 aromatic rings. The molecule has 6 N–H and O–H groups in total. The number of imidazole rings is 1. The Morgan fingerprint density at radius 3 is 2.45 bits per heavy atom. The Kier molecular flexibility index (Phi) is 13.3. The van der Waals surface area contributed by atoms with E-state index in [-0.39, 0.29) is 54.3 Å². The minimum atomic E-state index is -2.76. The van der Waals surface area contributed by atoms with E-state index in [1.165, 1.54) is 35.5 Å². The van der Waals surface area contributed by atoms with Gasteiger partial charge in [-0.1, -0.05) is 30.3 Å². The van der Waals surface area contributed by atoms with Gasteiger partial charge in [-0.25, -0.2) is 13.6 Å². The number of benzene rings is 3. The van der Waals surface area contributed by atoms with Gasteiger partial charge in [0.05, 0.1) is 23.3 Å². The molecular weight excluding hydrogens is 833 g/mol. The number of alkyl halides is 2. The number of amidine groups is 1. The molecule has 3 aromatic carbocycles. The van der Waals surface area contributed by atoms with E-state index in [1.54, 1.807) is 29.6 Å². The number of aromatic nitrogens is 2. The molecule has 0 spiro atoms. The lowest BCUT2D eigenvalue weighted by molar-refractivity contribution is -0.135. The maximum Gasteiger partial charge on any atom is 0.329 e. The summed E-state index contributed by atoms with van der Waals surface area (Å²) in [4.78, 5) is 60.4. The highest BCUT2D eigenvalue weighted by Crippen LogP contribution is 2.38. The lowest BCUT2D eigenvalue weighted by Gasteiger charge is -2.39. The van der Waals surface area contributed by atoms with Crippen LogP contribution in [0.4, 0.5) is 20.2 Å². The smallest absolute Gasteiger partial charge is 0.329 e. The van der Waals surface area contributed by atoms with Gasteiger partial charge in [0.1, 0.15) is 11.9 Å². The summed E-state index contributed by atoms with van der Waals surface area (Å²) in [5.41, 5.74) is 13.6. The highest BCUT2D eigenvalue weighted by molar-refractivity contribution is 6.12. The van der Waals surface area contributed by atoms with E-state index in [9.17, 15) is 33.4 Å². The molecule has 1 atom stereocenters. The van der Waals surface area contributed by atoms with E-state index in [0.717, 1.165) is 61.4 Å². The normalized spacial score (nSPS) is 19.0. The number of nitrogens with two attached hydrogens (primary N) is 1.